The molecule has 0 aliphatic carbocycles. The minimum absolute atomic E-state index is 0.0342. The van der Waals surface area contributed by atoms with Crippen LogP contribution in [0.5, 0.6) is 5.75 Å². The van der Waals surface area contributed by atoms with Gasteiger partial charge in [-0.2, -0.15) is 0 Å². The maximum absolute atomic E-state index is 9.76. The number of aliphatic hydroxyl groups is 4. The highest BCUT2D eigenvalue weighted by Gasteiger charge is 2.43. The summed E-state index contributed by atoms with van der Waals surface area (Å²) in [6.07, 6.45) is -5.82. The zero-order valence-electron chi connectivity index (χ0n) is 11.2. The summed E-state index contributed by atoms with van der Waals surface area (Å²) in [5.41, 5.74) is 1.18. The van der Waals surface area contributed by atoms with Crippen molar-refractivity contribution in [1.82, 2.24) is 0 Å². The molecule has 2 rings (SSSR count). The van der Waals surface area contributed by atoms with Crippen LogP contribution in [-0.4, -0.2) is 57.7 Å². The topological polar surface area (TPSA) is 99.4 Å². The molecule has 0 aromatic heterocycles. The lowest BCUT2D eigenvalue weighted by Crippen LogP contribution is -2.58. The highest BCUT2D eigenvalue weighted by Crippen LogP contribution is 2.21. The van der Waals surface area contributed by atoms with E-state index in [4.69, 9.17) is 9.47 Å². The third-order valence-corrected chi connectivity index (χ3v) is 3.43. The van der Waals surface area contributed by atoms with Crippen molar-refractivity contribution in [2.24, 2.45) is 0 Å². The van der Waals surface area contributed by atoms with E-state index in [1.807, 2.05) is 12.1 Å². The predicted molar refractivity (Wildman–Crippen MR) is 70.2 cm³/mol. The summed E-state index contributed by atoms with van der Waals surface area (Å²) in [5, 5.41) is 38.1. The van der Waals surface area contributed by atoms with E-state index in [0.29, 0.717) is 5.75 Å². The molecular formula is C14H20O6. The standard InChI is InChI=1S/C14H20O6/c1-2-8-3-5-9(6-4-8)19-7-10-11(15)12(16)13(17)14(18)20-10/h3-6,10-18H,2,7H2,1H3. The number of hydrogen-bond acceptors (Lipinski definition) is 6. The van der Waals surface area contributed by atoms with Crippen LogP contribution in [0.4, 0.5) is 0 Å². The van der Waals surface area contributed by atoms with E-state index in [0.717, 1.165) is 6.42 Å². The van der Waals surface area contributed by atoms with Crippen LogP contribution in [0.2, 0.25) is 0 Å². The Morgan fingerprint density at radius 1 is 1.00 bits per heavy atom. The van der Waals surface area contributed by atoms with Gasteiger partial charge in [0.1, 0.15) is 36.8 Å². The van der Waals surface area contributed by atoms with Crippen LogP contribution in [0.1, 0.15) is 12.5 Å². The summed E-state index contributed by atoms with van der Waals surface area (Å²) in [6.45, 7) is 2.02. The zero-order valence-corrected chi connectivity index (χ0v) is 11.2. The molecule has 0 amide bonds. The van der Waals surface area contributed by atoms with Gasteiger partial charge in [-0.1, -0.05) is 19.1 Å². The van der Waals surface area contributed by atoms with Crippen LogP contribution in [-0.2, 0) is 11.2 Å². The molecule has 0 radical (unpaired) electrons. The second-order valence-corrected chi connectivity index (χ2v) is 4.85. The lowest BCUT2D eigenvalue weighted by Gasteiger charge is -2.38. The van der Waals surface area contributed by atoms with Gasteiger partial charge in [0, 0.05) is 0 Å². The lowest BCUT2D eigenvalue weighted by atomic mass is 9.99. The third kappa shape index (κ3) is 3.28. The summed E-state index contributed by atoms with van der Waals surface area (Å²) in [7, 11) is 0. The Kier molecular flexibility index (Phi) is 4.95. The molecule has 6 heteroatoms. The molecule has 4 N–H and O–H groups in total. The molecule has 5 unspecified atom stereocenters. The molecule has 0 bridgehead atoms. The molecule has 112 valence electrons. The largest absolute Gasteiger partial charge is 0.491 e. The van der Waals surface area contributed by atoms with E-state index in [1.165, 1.54) is 5.56 Å². The summed E-state index contributed by atoms with van der Waals surface area (Å²) in [4.78, 5) is 0. The van der Waals surface area contributed by atoms with Gasteiger partial charge in [0.25, 0.3) is 0 Å². The first-order chi connectivity index (χ1) is 9.52. The lowest BCUT2D eigenvalue weighted by molar-refractivity contribution is -0.285. The molecule has 1 fully saturated rings. The number of rotatable bonds is 4. The molecule has 1 aromatic carbocycles. The van der Waals surface area contributed by atoms with Crippen molar-refractivity contribution in [3.8, 4) is 5.75 Å². The molecule has 1 heterocycles. The molecule has 0 spiro atoms. The van der Waals surface area contributed by atoms with Crippen LogP contribution >= 0.6 is 0 Å². The average Bonchev–Trinajstić information content (AvgIpc) is 2.48. The van der Waals surface area contributed by atoms with Crippen molar-refractivity contribution in [1.29, 1.82) is 0 Å². The van der Waals surface area contributed by atoms with Crippen molar-refractivity contribution < 1.29 is 29.9 Å². The second kappa shape index (κ2) is 6.51. The second-order valence-electron chi connectivity index (χ2n) is 4.85. The van der Waals surface area contributed by atoms with Gasteiger partial charge in [0.2, 0.25) is 0 Å². The normalized spacial score (nSPS) is 34.0. The van der Waals surface area contributed by atoms with Crippen molar-refractivity contribution in [3.05, 3.63) is 29.8 Å². The fourth-order valence-electron chi connectivity index (χ4n) is 2.07. The quantitative estimate of drug-likeness (QED) is 0.591. The average molecular weight is 284 g/mol. The number of aliphatic hydroxyl groups excluding tert-OH is 4. The molecule has 20 heavy (non-hydrogen) atoms. The highest BCUT2D eigenvalue weighted by molar-refractivity contribution is 5.27. The number of benzene rings is 1. The van der Waals surface area contributed by atoms with Crippen LogP contribution in [0, 0.1) is 0 Å². The number of ether oxygens (including phenoxy) is 2. The van der Waals surface area contributed by atoms with Gasteiger partial charge in [-0.25, -0.2) is 0 Å². The Morgan fingerprint density at radius 3 is 2.25 bits per heavy atom. The smallest absolute Gasteiger partial charge is 0.184 e. The Hall–Kier alpha value is -1.18. The number of aryl methyl sites for hydroxylation is 1. The van der Waals surface area contributed by atoms with Crippen LogP contribution in [0.25, 0.3) is 0 Å². The molecule has 5 atom stereocenters. The highest BCUT2D eigenvalue weighted by atomic mass is 16.6. The molecule has 1 aliphatic rings. The zero-order chi connectivity index (χ0) is 14.7. The first-order valence-corrected chi connectivity index (χ1v) is 6.62. The van der Waals surface area contributed by atoms with Crippen molar-refractivity contribution in [2.45, 2.75) is 44.1 Å². The Labute approximate surface area is 117 Å². The Bertz CT molecular complexity index is 420. The number of hydrogen-bond donors (Lipinski definition) is 4. The SMILES string of the molecule is CCc1ccc(OCC2OC(O)C(O)C(O)C2O)cc1. The van der Waals surface area contributed by atoms with Crippen LogP contribution in [0.15, 0.2) is 24.3 Å². The molecule has 1 aromatic rings. The van der Waals surface area contributed by atoms with Crippen molar-refractivity contribution >= 4 is 0 Å². The van der Waals surface area contributed by atoms with E-state index in [1.54, 1.807) is 12.1 Å². The van der Waals surface area contributed by atoms with Crippen molar-refractivity contribution in [2.75, 3.05) is 6.61 Å². The predicted octanol–water partition coefficient (Wildman–Crippen LogP) is -0.572. The first kappa shape index (κ1) is 15.2. The summed E-state index contributed by atoms with van der Waals surface area (Å²) < 4.78 is 10.5. The fraction of sp³-hybridized carbons (Fsp3) is 0.571. The Morgan fingerprint density at radius 2 is 1.65 bits per heavy atom. The van der Waals surface area contributed by atoms with Crippen molar-refractivity contribution in [3.63, 3.8) is 0 Å². The van der Waals surface area contributed by atoms with Gasteiger partial charge >= 0.3 is 0 Å². The van der Waals surface area contributed by atoms with Gasteiger partial charge in [0.05, 0.1) is 0 Å². The van der Waals surface area contributed by atoms with Gasteiger partial charge < -0.3 is 29.9 Å². The van der Waals surface area contributed by atoms with Gasteiger partial charge in [0.15, 0.2) is 6.29 Å². The summed E-state index contributed by atoms with van der Waals surface area (Å²) in [6, 6.07) is 7.47. The van der Waals surface area contributed by atoms with E-state index < -0.39 is 30.7 Å². The van der Waals surface area contributed by atoms with Gasteiger partial charge in [-0.05, 0) is 24.1 Å². The molecular weight excluding hydrogens is 264 g/mol. The summed E-state index contributed by atoms with van der Waals surface area (Å²) in [5.74, 6) is 0.605. The van der Waals surface area contributed by atoms with E-state index >= 15 is 0 Å². The third-order valence-electron chi connectivity index (χ3n) is 3.43. The Balaban J connectivity index is 1.92. The van der Waals surface area contributed by atoms with E-state index in [2.05, 4.69) is 6.92 Å². The van der Waals surface area contributed by atoms with Crippen LogP contribution in [0.3, 0.4) is 0 Å². The van der Waals surface area contributed by atoms with E-state index in [-0.39, 0.29) is 6.61 Å². The maximum Gasteiger partial charge on any atom is 0.184 e. The summed E-state index contributed by atoms with van der Waals surface area (Å²) >= 11 is 0. The van der Waals surface area contributed by atoms with Gasteiger partial charge in [-0.3, -0.25) is 0 Å². The monoisotopic (exact) mass is 284 g/mol. The molecule has 1 aliphatic heterocycles. The van der Waals surface area contributed by atoms with Crippen LogP contribution < -0.4 is 4.74 Å². The first-order valence-electron chi connectivity index (χ1n) is 6.62. The molecule has 0 saturated carbocycles. The van der Waals surface area contributed by atoms with E-state index in [9.17, 15) is 20.4 Å². The minimum atomic E-state index is -1.54. The fourth-order valence-corrected chi connectivity index (χ4v) is 2.07. The molecule has 1 saturated heterocycles. The maximum atomic E-state index is 9.76. The molecule has 6 nitrogen and oxygen atoms in total. The van der Waals surface area contributed by atoms with Gasteiger partial charge in [-0.15, -0.1) is 0 Å². The minimum Gasteiger partial charge on any atom is -0.491 e.